The number of carbonyl (C=O) groups excluding carboxylic acids is 1. The molecule has 281 valence electrons. The summed E-state index contributed by atoms with van der Waals surface area (Å²) >= 11 is 92.5. The predicted octanol–water partition coefficient (Wildman–Crippen LogP) is 15.5. The van der Waals surface area contributed by atoms with E-state index in [1.807, 2.05) is 20.8 Å². The summed E-state index contributed by atoms with van der Waals surface area (Å²) in [7, 11) is -2.90. The Balaban J connectivity index is 2.06. The average molecular weight is 1000 g/mol. The molecule has 3 aromatic rings. The Morgan fingerprint density at radius 1 is 0.510 bits per heavy atom. The van der Waals surface area contributed by atoms with Gasteiger partial charge in [-0.1, -0.05) is 162 Å². The van der Waals surface area contributed by atoms with Gasteiger partial charge < -0.3 is 23.3 Å². The molecule has 0 aliphatic heterocycles. The summed E-state index contributed by atoms with van der Waals surface area (Å²) in [5.41, 5.74) is -0.250. The number of alkyl carbamates (subject to hydrolysis) is 1. The van der Waals surface area contributed by atoms with Gasteiger partial charge in [0.05, 0.1) is 76.2 Å². The largest absolute Gasteiger partial charge is 0.500 e. The molecular weight excluding hydrogens is 979 g/mol. The highest BCUT2D eigenvalue weighted by molar-refractivity contribution is 6.61. The lowest BCUT2D eigenvalue weighted by atomic mass is 9.84. The second-order valence-corrected chi connectivity index (χ2v) is 18.0. The van der Waals surface area contributed by atoms with Gasteiger partial charge in [0, 0.05) is 54.7 Å². The van der Waals surface area contributed by atoms with Gasteiger partial charge in [0.2, 0.25) is 0 Å². The Bertz CT molecular complexity index is 1620. The van der Waals surface area contributed by atoms with Gasteiger partial charge in [0.25, 0.3) is 0 Å². The molecule has 3 aromatic carbocycles. The lowest BCUT2D eigenvalue weighted by Crippen LogP contribution is -2.46. The predicted molar refractivity (Wildman–Crippen MR) is 218 cm³/mol. The summed E-state index contributed by atoms with van der Waals surface area (Å²) in [6, 6.07) is 0.474. The van der Waals surface area contributed by atoms with Gasteiger partial charge in [-0.25, -0.2) is 4.79 Å². The standard InChI is InChI=1S/C30H24Cl14NO5Si/c1-4-48-51(49-5-2,50-6-3)9-7-8-45-30(46)47-10-11-16(31)18(33)13(19(34)17(11)32)12(14-20(35)24(39)28(43)25(40)21(14)36)15-22(37)26(41)29(44)27(42)23(15)38/h4-10H2,1-3H3,(H,45,46). The van der Waals surface area contributed by atoms with Gasteiger partial charge in [-0.05, 0) is 27.2 Å². The molecule has 0 bridgehead atoms. The molecule has 0 aromatic heterocycles. The van der Waals surface area contributed by atoms with Gasteiger partial charge >= 0.3 is 14.9 Å². The zero-order valence-electron chi connectivity index (χ0n) is 26.3. The van der Waals surface area contributed by atoms with Crippen molar-refractivity contribution in [3.63, 3.8) is 0 Å². The Morgan fingerprint density at radius 2 is 0.824 bits per heavy atom. The van der Waals surface area contributed by atoms with Crippen molar-refractivity contribution in [2.24, 2.45) is 0 Å². The second kappa shape index (κ2) is 20.5. The zero-order valence-corrected chi connectivity index (χ0v) is 37.9. The van der Waals surface area contributed by atoms with E-state index in [0.29, 0.717) is 32.3 Å². The first-order chi connectivity index (χ1) is 23.9. The fourth-order valence-corrected chi connectivity index (χ4v) is 11.2. The lowest BCUT2D eigenvalue weighted by Gasteiger charge is -2.28. The molecule has 0 spiro atoms. The summed E-state index contributed by atoms with van der Waals surface area (Å²) in [5, 5.41) is -0.0986. The van der Waals surface area contributed by atoms with E-state index in [4.69, 9.17) is 180 Å². The normalized spacial score (nSPS) is 11.9. The topological polar surface area (TPSA) is 66.0 Å². The third-order valence-corrected chi connectivity index (χ3v) is 16.4. The van der Waals surface area contributed by atoms with Crippen LogP contribution in [-0.2, 0) is 24.6 Å². The van der Waals surface area contributed by atoms with E-state index in [-0.39, 0.29) is 105 Å². The molecule has 0 atom stereocenters. The maximum Gasteiger partial charge on any atom is 0.500 e. The van der Waals surface area contributed by atoms with E-state index >= 15 is 0 Å². The number of nitrogens with one attached hydrogen (secondary N) is 1. The summed E-state index contributed by atoms with van der Waals surface area (Å²) in [4.78, 5) is 12.7. The molecule has 0 aliphatic rings. The number of amides is 1. The Kier molecular flexibility index (Phi) is 18.7. The maximum absolute atomic E-state index is 12.7. The fraction of sp³-hybridized carbons (Fsp3) is 0.333. The van der Waals surface area contributed by atoms with Crippen molar-refractivity contribution >= 4 is 177 Å². The third-order valence-electron chi connectivity index (χ3n) is 6.89. The van der Waals surface area contributed by atoms with Crippen molar-refractivity contribution in [1.29, 1.82) is 0 Å². The number of hydrogen-bond donors (Lipinski definition) is 1. The molecule has 0 saturated heterocycles. The first kappa shape index (κ1) is 46.5. The van der Waals surface area contributed by atoms with E-state index in [1.54, 1.807) is 0 Å². The van der Waals surface area contributed by atoms with Crippen molar-refractivity contribution in [2.75, 3.05) is 26.4 Å². The van der Waals surface area contributed by atoms with Crippen molar-refractivity contribution in [3.05, 3.63) is 98.5 Å². The smallest absolute Gasteiger partial charge is 0.445 e. The first-order valence-electron chi connectivity index (χ1n) is 14.5. The molecule has 1 radical (unpaired) electrons. The number of rotatable bonds is 15. The quantitative estimate of drug-likeness (QED) is 0.0540. The van der Waals surface area contributed by atoms with Crippen LogP contribution in [0.5, 0.6) is 0 Å². The number of ether oxygens (including phenoxy) is 1. The summed E-state index contributed by atoms with van der Waals surface area (Å²) < 4.78 is 22.9. The van der Waals surface area contributed by atoms with Gasteiger partial charge in [-0.3, -0.25) is 0 Å². The molecule has 6 nitrogen and oxygen atoms in total. The van der Waals surface area contributed by atoms with Gasteiger partial charge in [0.15, 0.2) is 0 Å². The Hall–Kier alpha value is 1.09. The molecule has 21 heteroatoms. The maximum atomic E-state index is 12.7. The van der Waals surface area contributed by atoms with E-state index in [2.05, 4.69) is 5.32 Å². The van der Waals surface area contributed by atoms with Crippen molar-refractivity contribution in [2.45, 2.75) is 39.8 Å². The highest BCUT2D eigenvalue weighted by Gasteiger charge is 2.40. The average Bonchev–Trinajstić information content (AvgIpc) is 3.09. The number of carbonyl (C=O) groups is 1. The van der Waals surface area contributed by atoms with Crippen molar-refractivity contribution < 1.29 is 22.8 Å². The second-order valence-electron chi connectivity index (χ2n) is 9.96. The monoisotopic (exact) mass is 996 g/mol. The van der Waals surface area contributed by atoms with Crippen LogP contribution in [0.4, 0.5) is 4.79 Å². The number of halogens is 14. The molecule has 51 heavy (non-hydrogen) atoms. The molecule has 0 unspecified atom stereocenters. The van der Waals surface area contributed by atoms with Crippen LogP contribution in [0.25, 0.3) is 0 Å². The Labute approximate surface area is 366 Å². The molecule has 0 saturated carbocycles. The molecule has 3 rings (SSSR count). The molecule has 0 aliphatic carbocycles. The Morgan fingerprint density at radius 3 is 1.16 bits per heavy atom. The number of benzene rings is 3. The van der Waals surface area contributed by atoms with Crippen LogP contribution >= 0.6 is 162 Å². The number of hydrogen-bond acceptors (Lipinski definition) is 5. The minimum Gasteiger partial charge on any atom is -0.445 e. The summed E-state index contributed by atoms with van der Waals surface area (Å²) in [6.07, 6.45) is -0.295. The minimum atomic E-state index is -2.90. The van der Waals surface area contributed by atoms with E-state index in [1.165, 1.54) is 0 Å². The summed E-state index contributed by atoms with van der Waals surface area (Å²) in [6.45, 7) is 6.62. The summed E-state index contributed by atoms with van der Waals surface area (Å²) in [5.74, 6) is -0.101. The van der Waals surface area contributed by atoms with Gasteiger partial charge in [-0.2, -0.15) is 0 Å². The van der Waals surface area contributed by atoms with Crippen LogP contribution in [0.2, 0.25) is 76.4 Å². The van der Waals surface area contributed by atoms with E-state index in [9.17, 15) is 4.79 Å². The van der Waals surface area contributed by atoms with Crippen LogP contribution in [0.1, 0.15) is 49.4 Å². The van der Waals surface area contributed by atoms with Crippen LogP contribution < -0.4 is 5.32 Å². The fourth-order valence-electron chi connectivity index (χ4n) is 4.73. The molecular formula is C30H24Cl14NO5Si. The molecule has 0 fully saturated rings. The van der Waals surface area contributed by atoms with E-state index < -0.39 is 21.5 Å². The van der Waals surface area contributed by atoms with Gasteiger partial charge in [-0.15, -0.1) is 0 Å². The third kappa shape index (κ3) is 10.2. The molecule has 0 heterocycles. The highest BCUT2D eigenvalue weighted by Crippen LogP contribution is 2.57. The zero-order chi connectivity index (χ0) is 38.5. The van der Waals surface area contributed by atoms with E-state index in [0.717, 1.165) is 0 Å². The van der Waals surface area contributed by atoms with Crippen LogP contribution in [0, 0.1) is 5.92 Å². The van der Waals surface area contributed by atoms with Crippen molar-refractivity contribution in [1.82, 2.24) is 5.32 Å². The first-order valence-corrected chi connectivity index (χ1v) is 21.7. The van der Waals surface area contributed by atoms with Gasteiger partial charge in [0.1, 0.15) is 6.61 Å². The van der Waals surface area contributed by atoms with Crippen LogP contribution in [-0.4, -0.2) is 41.3 Å². The SMILES string of the molecule is CCO[Si](CCCNC(=O)OCc1c(Cl)c(Cl)c([C](c2c(Cl)c(Cl)c(Cl)c(Cl)c2Cl)c2c(Cl)c(Cl)c(Cl)c(Cl)c2Cl)c(Cl)c1Cl)(OCC)OCC. The lowest BCUT2D eigenvalue weighted by molar-refractivity contribution is 0.0706. The van der Waals surface area contributed by atoms with Crippen molar-refractivity contribution in [3.8, 4) is 0 Å². The molecule has 1 amide bonds. The minimum absolute atomic E-state index is 0.0516. The molecule has 1 N–H and O–H groups in total. The highest BCUT2D eigenvalue weighted by atomic mass is 35.5. The van der Waals surface area contributed by atoms with Crippen LogP contribution in [0.15, 0.2) is 0 Å². The van der Waals surface area contributed by atoms with Crippen LogP contribution in [0.3, 0.4) is 0 Å².